The van der Waals surface area contributed by atoms with Crippen LogP contribution >= 0.6 is 0 Å². The molecule has 0 aliphatic heterocycles. The minimum Gasteiger partial charge on any atom is -0.193 e. The fourth-order valence-corrected chi connectivity index (χ4v) is 0.932. The lowest BCUT2D eigenvalue weighted by atomic mass is 9.98. The van der Waals surface area contributed by atoms with E-state index in [1.165, 1.54) is 0 Å². The first kappa shape index (κ1) is 7.31. The number of rotatable bonds is 0. The molecule has 0 radical (unpaired) electrons. The largest absolute Gasteiger partial charge is 0.193 e. The van der Waals surface area contributed by atoms with Gasteiger partial charge in [-0.2, -0.15) is 10.5 Å². The van der Waals surface area contributed by atoms with Crippen LogP contribution < -0.4 is 0 Å². The molecule has 0 fully saturated rings. The van der Waals surface area contributed by atoms with Crippen molar-refractivity contribution in [2.24, 2.45) is 0 Å². The van der Waals surface area contributed by atoms with E-state index < -0.39 is 0 Å². The molecule has 2 heteroatoms. The van der Waals surface area contributed by atoms with Gasteiger partial charge in [0.15, 0.2) is 0 Å². The van der Waals surface area contributed by atoms with Crippen LogP contribution in [0.25, 0.3) is 0 Å². The fourth-order valence-electron chi connectivity index (χ4n) is 0.932. The van der Waals surface area contributed by atoms with Crippen LogP contribution in [-0.4, -0.2) is 0 Å². The van der Waals surface area contributed by atoms with Gasteiger partial charge in [0.1, 0.15) is 0 Å². The summed E-state index contributed by atoms with van der Waals surface area (Å²) in [5.41, 5.74) is 1.94. The lowest BCUT2D eigenvalue weighted by Gasteiger charge is -2.04. The minimum atomic E-state index is 0.512. The third-order valence-electron chi connectivity index (χ3n) is 1.38. The molecule has 0 atom stereocenters. The van der Waals surface area contributed by atoms with Crippen LogP contribution in [-0.2, 0) is 0 Å². The lowest BCUT2D eigenvalue weighted by Crippen LogP contribution is -1.90. The molecule has 0 spiro atoms. The van der Waals surface area contributed by atoms with Crippen LogP contribution in [0, 0.1) is 22.7 Å². The van der Waals surface area contributed by atoms with Gasteiger partial charge in [0, 0.05) is 12.0 Å². The van der Waals surface area contributed by atoms with Gasteiger partial charge >= 0.3 is 0 Å². The van der Waals surface area contributed by atoms with Gasteiger partial charge in [0.25, 0.3) is 0 Å². The van der Waals surface area contributed by atoms with Crippen LogP contribution in [0.15, 0.2) is 35.5 Å². The second kappa shape index (κ2) is 2.86. The van der Waals surface area contributed by atoms with E-state index in [1.807, 2.05) is 12.1 Å². The molecule has 0 N–H and O–H groups in total. The molecular formula is C9H6N2. The number of nitriles is 2. The third-order valence-corrected chi connectivity index (χ3v) is 1.38. The Bertz CT molecular complexity index is 332. The van der Waals surface area contributed by atoms with Gasteiger partial charge in [-0.1, -0.05) is 6.58 Å². The van der Waals surface area contributed by atoms with Crippen molar-refractivity contribution in [3.8, 4) is 12.1 Å². The highest BCUT2D eigenvalue weighted by Crippen LogP contribution is 2.19. The van der Waals surface area contributed by atoms with E-state index in [0.717, 1.165) is 5.57 Å². The van der Waals surface area contributed by atoms with Crippen molar-refractivity contribution in [1.82, 2.24) is 0 Å². The summed E-state index contributed by atoms with van der Waals surface area (Å²) in [6.07, 6.45) is 3.86. The average molecular weight is 142 g/mol. The summed E-state index contributed by atoms with van der Waals surface area (Å²) in [6.45, 7) is 3.69. The molecule has 52 valence electrons. The third kappa shape index (κ3) is 1.56. The van der Waals surface area contributed by atoms with Crippen molar-refractivity contribution in [1.29, 1.82) is 10.5 Å². The Labute approximate surface area is 65.4 Å². The Hall–Kier alpha value is -1.80. The van der Waals surface area contributed by atoms with Crippen molar-refractivity contribution in [3.63, 3.8) is 0 Å². The number of hydrogen-bond acceptors (Lipinski definition) is 2. The quantitative estimate of drug-likeness (QED) is 0.518. The Balaban J connectivity index is 3.02. The van der Waals surface area contributed by atoms with E-state index in [-0.39, 0.29) is 0 Å². The maximum atomic E-state index is 8.53. The molecule has 0 bridgehead atoms. The minimum absolute atomic E-state index is 0.512. The molecule has 1 aliphatic rings. The van der Waals surface area contributed by atoms with E-state index in [1.54, 1.807) is 12.2 Å². The lowest BCUT2D eigenvalue weighted by molar-refractivity contribution is 1.18. The predicted octanol–water partition coefficient (Wildman–Crippen LogP) is 1.85. The van der Waals surface area contributed by atoms with E-state index in [4.69, 9.17) is 10.5 Å². The number of allylic oxidation sites excluding steroid dienone is 5. The summed E-state index contributed by atoms with van der Waals surface area (Å²) in [5.74, 6) is 0. The molecule has 0 aromatic rings. The molecule has 0 saturated carbocycles. The highest BCUT2D eigenvalue weighted by molar-refractivity contribution is 5.49. The Kier molecular flexibility index (Phi) is 1.90. The Morgan fingerprint density at radius 1 is 1.27 bits per heavy atom. The second-order valence-electron chi connectivity index (χ2n) is 2.33. The first-order valence-electron chi connectivity index (χ1n) is 3.16. The normalized spacial score (nSPS) is 16.0. The van der Waals surface area contributed by atoms with Crippen molar-refractivity contribution >= 4 is 0 Å². The van der Waals surface area contributed by atoms with Crippen molar-refractivity contribution in [2.45, 2.75) is 6.42 Å². The van der Waals surface area contributed by atoms with Gasteiger partial charge in [-0.25, -0.2) is 0 Å². The zero-order valence-electron chi connectivity index (χ0n) is 5.96. The van der Waals surface area contributed by atoms with E-state index in [2.05, 4.69) is 6.58 Å². The van der Waals surface area contributed by atoms with Crippen LogP contribution in [0.2, 0.25) is 0 Å². The van der Waals surface area contributed by atoms with E-state index >= 15 is 0 Å². The second-order valence-corrected chi connectivity index (χ2v) is 2.33. The van der Waals surface area contributed by atoms with Crippen LogP contribution in [0.3, 0.4) is 0 Å². The molecule has 0 saturated heterocycles. The summed E-state index contributed by atoms with van der Waals surface area (Å²) in [4.78, 5) is 0. The highest BCUT2D eigenvalue weighted by Gasteiger charge is 2.06. The van der Waals surface area contributed by atoms with Gasteiger partial charge < -0.3 is 0 Å². The van der Waals surface area contributed by atoms with Crippen LogP contribution in [0.5, 0.6) is 0 Å². The van der Waals surface area contributed by atoms with E-state index in [0.29, 0.717) is 17.6 Å². The summed E-state index contributed by atoms with van der Waals surface area (Å²) in [5, 5.41) is 17.0. The smallest absolute Gasteiger partial charge is 0.0992 e. The molecular weight excluding hydrogens is 136 g/mol. The van der Waals surface area contributed by atoms with Crippen molar-refractivity contribution < 1.29 is 0 Å². The van der Waals surface area contributed by atoms with Gasteiger partial charge in [0.2, 0.25) is 0 Å². The zero-order chi connectivity index (χ0) is 8.27. The summed E-state index contributed by atoms with van der Waals surface area (Å²) < 4.78 is 0. The van der Waals surface area contributed by atoms with Crippen molar-refractivity contribution in [2.75, 3.05) is 0 Å². The standard InChI is InChI=1S/C9H6N2/c1-7-2-8(5-10)4-9(3-7)6-11/h2,4H,1,3H2. The first-order valence-corrected chi connectivity index (χ1v) is 3.16. The Morgan fingerprint density at radius 2 is 2.00 bits per heavy atom. The molecule has 11 heavy (non-hydrogen) atoms. The molecule has 0 unspecified atom stereocenters. The molecule has 0 aromatic carbocycles. The zero-order valence-corrected chi connectivity index (χ0v) is 5.96. The summed E-state index contributed by atoms with van der Waals surface area (Å²) in [6, 6.07) is 3.98. The fraction of sp³-hybridized carbons (Fsp3) is 0.111. The maximum Gasteiger partial charge on any atom is 0.0992 e. The molecule has 0 amide bonds. The summed E-state index contributed by atoms with van der Waals surface area (Å²) in [7, 11) is 0. The number of hydrogen-bond donors (Lipinski definition) is 0. The maximum absolute atomic E-state index is 8.53. The van der Waals surface area contributed by atoms with Crippen LogP contribution in [0.4, 0.5) is 0 Å². The van der Waals surface area contributed by atoms with Gasteiger partial charge in [-0.3, -0.25) is 0 Å². The predicted molar refractivity (Wildman–Crippen MR) is 41.1 cm³/mol. The highest BCUT2D eigenvalue weighted by atomic mass is 14.3. The number of nitrogens with zero attached hydrogens (tertiary/aromatic N) is 2. The first-order chi connectivity index (χ1) is 5.26. The average Bonchev–Trinajstić information content (AvgIpc) is 2.03. The van der Waals surface area contributed by atoms with E-state index in [9.17, 15) is 0 Å². The topological polar surface area (TPSA) is 47.6 Å². The van der Waals surface area contributed by atoms with Crippen LogP contribution in [0.1, 0.15) is 6.42 Å². The van der Waals surface area contributed by atoms with Gasteiger partial charge in [-0.05, 0) is 17.7 Å². The molecule has 0 heterocycles. The SMILES string of the molecule is C=C1C=C(C#N)C=C(C#N)C1. The van der Waals surface area contributed by atoms with Crippen molar-refractivity contribution in [3.05, 3.63) is 35.5 Å². The molecule has 1 rings (SSSR count). The summed E-state index contributed by atoms with van der Waals surface area (Å²) >= 11 is 0. The Morgan fingerprint density at radius 3 is 2.55 bits per heavy atom. The van der Waals surface area contributed by atoms with Gasteiger partial charge in [0.05, 0.1) is 17.7 Å². The monoisotopic (exact) mass is 142 g/mol. The molecule has 1 aliphatic carbocycles. The molecule has 2 nitrogen and oxygen atoms in total. The molecule has 0 aromatic heterocycles. The van der Waals surface area contributed by atoms with Gasteiger partial charge in [-0.15, -0.1) is 0 Å².